The van der Waals surface area contributed by atoms with Gasteiger partial charge < -0.3 is 39.1 Å². The standard InChI is InChI=1S/C27H26Cl2N2O9/c1-4-38-27(35)16-11-31-26(34)21(22(16)33)14(9-20(32)30-10-13-5-6-17(28)18(29)7-13)15-8-19(36-2)24-25(23(15)37-3)40-12-39-24/h5-8,11,14H,4,9-10,12H2,1-3H3,(H,30,32)(H2,31,33,34)/t14-/m0/s1. The first-order valence-electron chi connectivity index (χ1n) is 12.1. The molecule has 1 aromatic heterocycles. The molecule has 0 aliphatic carbocycles. The van der Waals surface area contributed by atoms with Crippen molar-refractivity contribution in [2.75, 3.05) is 27.6 Å². The zero-order chi connectivity index (χ0) is 29.0. The molecule has 2 aromatic carbocycles. The molecule has 1 amide bonds. The maximum atomic E-state index is 13.3. The van der Waals surface area contributed by atoms with Gasteiger partial charge in [-0.05, 0) is 30.7 Å². The molecule has 3 N–H and O–H groups in total. The minimum atomic E-state index is -1.13. The number of benzene rings is 2. The van der Waals surface area contributed by atoms with Crippen LogP contribution in [0.1, 0.15) is 46.3 Å². The van der Waals surface area contributed by atoms with Crippen molar-refractivity contribution in [1.82, 2.24) is 10.3 Å². The average molecular weight is 593 g/mol. The summed E-state index contributed by atoms with van der Waals surface area (Å²) < 4.78 is 27.2. The summed E-state index contributed by atoms with van der Waals surface area (Å²) in [6, 6.07) is 6.46. The van der Waals surface area contributed by atoms with Crippen LogP contribution in [0.5, 0.6) is 28.7 Å². The zero-order valence-electron chi connectivity index (χ0n) is 21.8. The minimum absolute atomic E-state index is 0.0421. The summed E-state index contributed by atoms with van der Waals surface area (Å²) >= 11 is 12.1. The molecule has 0 unspecified atom stereocenters. The van der Waals surface area contributed by atoms with Gasteiger partial charge in [0.05, 0.1) is 36.4 Å². The van der Waals surface area contributed by atoms with Gasteiger partial charge >= 0.3 is 5.97 Å². The topological polar surface area (TPSA) is 145 Å². The number of carbonyl (C=O) groups is 2. The smallest absolute Gasteiger partial charge is 0.343 e. The van der Waals surface area contributed by atoms with Crippen LogP contribution in [0.25, 0.3) is 0 Å². The van der Waals surface area contributed by atoms with Gasteiger partial charge in [0.15, 0.2) is 11.5 Å². The molecule has 1 aliphatic heterocycles. The lowest BCUT2D eigenvalue weighted by atomic mass is 9.86. The number of halogens is 2. The Balaban J connectivity index is 1.81. The predicted molar refractivity (Wildman–Crippen MR) is 145 cm³/mol. The number of hydrogen-bond donors (Lipinski definition) is 3. The average Bonchev–Trinajstić information content (AvgIpc) is 3.42. The van der Waals surface area contributed by atoms with E-state index in [9.17, 15) is 19.5 Å². The molecule has 0 radical (unpaired) electrons. The Kier molecular flexibility index (Phi) is 8.96. The zero-order valence-corrected chi connectivity index (χ0v) is 23.3. The molecule has 40 heavy (non-hydrogen) atoms. The normalized spacial score (nSPS) is 12.5. The molecule has 1 aliphatic rings. The molecule has 0 fully saturated rings. The number of fused-ring (bicyclic) bond motifs is 1. The van der Waals surface area contributed by atoms with Crippen molar-refractivity contribution in [3.63, 3.8) is 0 Å². The van der Waals surface area contributed by atoms with E-state index in [1.807, 2.05) is 0 Å². The highest BCUT2D eigenvalue weighted by Crippen LogP contribution is 2.53. The van der Waals surface area contributed by atoms with Crippen LogP contribution in [0.4, 0.5) is 0 Å². The summed E-state index contributed by atoms with van der Waals surface area (Å²) in [5.74, 6) is -2.21. The fourth-order valence-corrected chi connectivity index (χ4v) is 4.67. The number of amides is 1. The van der Waals surface area contributed by atoms with Crippen LogP contribution in [0.2, 0.25) is 10.0 Å². The number of rotatable bonds is 10. The number of aromatic nitrogens is 1. The lowest BCUT2D eigenvalue weighted by Gasteiger charge is -2.23. The summed E-state index contributed by atoms with van der Waals surface area (Å²) in [7, 11) is 2.80. The molecule has 2 heterocycles. The van der Waals surface area contributed by atoms with E-state index >= 15 is 0 Å². The third-order valence-corrected chi connectivity index (χ3v) is 6.94. The second-order valence-electron chi connectivity index (χ2n) is 8.56. The van der Waals surface area contributed by atoms with E-state index in [1.165, 1.54) is 20.3 Å². The van der Waals surface area contributed by atoms with Gasteiger partial charge in [0.2, 0.25) is 24.2 Å². The number of hydrogen-bond acceptors (Lipinski definition) is 9. The van der Waals surface area contributed by atoms with Crippen LogP contribution in [0, 0.1) is 0 Å². The number of H-pyrrole nitrogens is 1. The van der Waals surface area contributed by atoms with Crippen LogP contribution in [0.15, 0.2) is 35.3 Å². The van der Waals surface area contributed by atoms with Crippen molar-refractivity contribution in [2.24, 2.45) is 0 Å². The molecular weight excluding hydrogens is 567 g/mol. The van der Waals surface area contributed by atoms with E-state index in [0.29, 0.717) is 15.6 Å². The fraction of sp³-hybridized carbons (Fsp3) is 0.296. The highest BCUT2D eigenvalue weighted by atomic mass is 35.5. The monoisotopic (exact) mass is 592 g/mol. The Morgan fingerprint density at radius 2 is 1.88 bits per heavy atom. The number of aromatic amines is 1. The maximum absolute atomic E-state index is 13.3. The summed E-state index contributed by atoms with van der Waals surface area (Å²) in [6.07, 6.45) is 0.710. The van der Waals surface area contributed by atoms with Crippen molar-refractivity contribution in [3.05, 3.63) is 73.1 Å². The lowest BCUT2D eigenvalue weighted by molar-refractivity contribution is -0.121. The number of carbonyl (C=O) groups excluding carboxylic acids is 2. The Morgan fingerprint density at radius 1 is 1.12 bits per heavy atom. The Hall–Kier alpha value is -4.09. The molecule has 212 valence electrons. The van der Waals surface area contributed by atoms with Crippen molar-refractivity contribution in [2.45, 2.75) is 25.8 Å². The van der Waals surface area contributed by atoms with Crippen LogP contribution in [-0.4, -0.2) is 49.6 Å². The highest BCUT2D eigenvalue weighted by molar-refractivity contribution is 6.42. The third-order valence-electron chi connectivity index (χ3n) is 6.20. The summed E-state index contributed by atoms with van der Waals surface area (Å²) in [5, 5.41) is 14.6. The molecule has 1 atom stereocenters. The first-order valence-corrected chi connectivity index (χ1v) is 12.8. The number of pyridine rings is 1. The van der Waals surface area contributed by atoms with Gasteiger partial charge in [0, 0.05) is 30.6 Å². The van der Waals surface area contributed by atoms with Crippen LogP contribution in [0.3, 0.4) is 0 Å². The molecule has 0 bridgehead atoms. The van der Waals surface area contributed by atoms with Crippen molar-refractivity contribution in [1.29, 1.82) is 0 Å². The number of nitrogens with one attached hydrogen (secondary N) is 2. The summed E-state index contributed by atoms with van der Waals surface area (Å²) in [6.45, 7) is 1.65. The van der Waals surface area contributed by atoms with Crippen LogP contribution < -0.4 is 29.8 Å². The lowest BCUT2D eigenvalue weighted by Crippen LogP contribution is -2.28. The van der Waals surface area contributed by atoms with E-state index in [4.69, 9.17) is 46.9 Å². The number of esters is 1. The molecule has 0 spiro atoms. The van der Waals surface area contributed by atoms with Gasteiger partial charge in [0.25, 0.3) is 5.56 Å². The Bertz CT molecular complexity index is 1510. The first kappa shape index (κ1) is 28.9. The van der Waals surface area contributed by atoms with Crippen LogP contribution in [-0.2, 0) is 16.1 Å². The van der Waals surface area contributed by atoms with Gasteiger partial charge in [-0.25, -0.2) is 4.79 Å². The Morgan fingerprint density at radius 3 is 2.55 bits per heavy atom. The second-order valence-corrected chi connectivity index (χ2v) is 9.38. The molecule has 3 aromatic rings. The number of aromatic hydroxyl groups is 1. The second kappa shape index (κ2) is 12.4. The molecule has 4 rings (SSSR count). The molecule has 11 nitrogen and oxygen atoms in total. The van der Waals surface area contributed by atoms with Gasteiger partial charge in [-0.1, -0.05) is 29.3 Å². The molecular formula is C27H26Cl2N2O9. The van der Waals surface area contributed by atoms with E-state index < -0.39 is 29.1 Å². The predicted octanol–water partition coefficient (Wildman–Crippen LogP) is 4.15. The maximum Gasteiger partial charge on any atom is 0.343 e. The molecule has 0 saturated carbocycles. The SMILES string of the molecule is CCOC(=O)c1c[nH]c(=O)c([C@@H](CC(=O)NCc2ccc(Cl)c(Cl)c2)c2cc(OC)c3c(c2OC)OCO3)c1O. The Labute approximate surface area is 238 Å². The van der Waals surface area contributed by atoms with E-state index in [-0.39, 0.29) is 66.1 Å². The van der Waals surface area contributed by atoms with Gasteiger partial charge in [-0.2, -0.15) is 0 Å². The molecule has 13 heteroatoms. The highest BCUT2D eigenvalue weighted by Gasteiger charge is 2.35. The van der Waals surface area contributed by atoms with E-state index in [0.717, 1.165) is 6.20 Å². The number of methoxy groups -OCH3 is 2. The van der Waals surface area contributed by atoms with Crippen molar-refractivity contribution in [3.8, 4) is 28.7 Å². The van der Waals surface area contributed by atoms with Gasteiger partial charge in [-0.3, -0.25) is 9.59 Å². The van der Waals surface area contributed by atoms with Crippen molar-refractivity contribution >= 4 is 35.1 Å². The van der Waals surface area contributed by atoms with E-state index in [1.54, 1.807) is 25.1 Å². The van der Waals surface area contributed by atoms with Gasteiger partial charge in [-0.15, -0.1) is 0 Å². The minimum Gasteiger partial charge on any atom is -0.506 e. The van der Waals surface area contributed by atoms with Gasteiger partial charge in [0.1, 0.15) is 11.3 Å². The third kappa shape index (κ3) is 5.75. The van der Waals surface area contributed by atoms with Crippen molar-refractivity contribution < 1.29 is 38.4 Å². The van der Waals surface area contributed by atoms with Crippen LogP contribution >= 0.6 is 23.2 Å². The first-order chi connectivity index (χ1) is 19.2. The quantitative estimate of drug-likeness (QED) is 0.295. The fourth-order valence-electron chi connectivity index (χ4n) is 4.35. The molecule has 0 saturated heterocycles. The largest absolute Gasteiger partial charge is 0.506 e. The summed E-state index contributed by atoms with van der Waals surface area (Å²) in [5.41, 5.74) is -0.299. The van der Waals surface area contributed by atoms with E-state index in [2.05, 4.69) is 10.3 Å². The number of ether oxygens (including phenoxy) is 5. The summed E-state index contributed by atoms with van der Waals surface area (Å²) in [4.78, 5) is 41.4.